The highest BCUT2D eigenvalue weighted by Gasteiger charge is 2.17. The summed E-state index contributed by atoms with van der Waals surface area (Å²) in [5, 5.41) is 9.37. The van der Waals surface area contributed by atoms with Crippen molar-refractivity contribution in [2.24, 2.45) is 5.73 Å². The van der Waals surface area contributed by atoms with Gasteiger partial charge in [-0.1, -0.05) is 11.8 Å². The molecule has 0 saturated heterocycles. The molecule has 1 aromatic heterocycles. The number of nitriles is 1. The normalized spacial score (nSPS) is 14.6. The average Bonchev–Trinajstić information content (AvgIpc) is 2.46. The molecule has 0 aliphatic rings. The Hall–Kier alpha value is -0.990. The number of rotatable bonds is 4. The van der Waals surface area contributed by atoms with E-state index in [1.165, 1.54) is 11.8 Å². The first-order chi connectivity index (χ1) is 6.94. The molecule has 0 radical (unpaired) electrons. The van der Waals surface area contributed by atoms with Crippen LogP contribution in [0.1, 0.15) is 24.8 Å². The average molecular weight is 225 g/mol. The summed E-state index contributed by atoms with van der Waals surface area (Å²) in [6.07, 6.45) is 0.620. The van der Waals surface area contributed by atoms with Gasteiger partial charge in [0, 0.05) is 5.75 Å². The third-order valence-corrected chi connectivity index (χ3v) is 2.94. The van der Waals surface area contributed by atoms with Crippen molar-refractivity contribution < 1.29 is 4.42 Å². The molecule has 1 rings (SSSR count). The number of hydrogen-bond acceptors (Lipinski definition) is 5. The molecule has 1 atom stereocenters. The Morgan fingerprint density at radius 1 is 1.60 bits per heavy atom. The molecule has 0 aromatic carbocycles. The summed E-state index contributed by atoms with van der Waals surface area (Å²) < 4.78 is 5.39. The van der Waals surface area contributed by atoms with Gasteiger partial charge in [0.2, 0.25) is 0 Å². The topological polar surface area (TPSA) is 75.8 Å². The fourth-order valence-electron chi connectivity index (χ4n) is 0.911. The minimum atomic E-state index is -0.760. The summed E-state index contributed by atoms with van der Waals surface area (Å²) in [6, 6.07) is 2.06. The lowest BCUT2D eigenvalue weighted by atomic mass is 10.0. The summed E-state index contributed by atoms with van der Waals surface area (Å²) in [7, 11) is 0. The molecule has 0 amide bonds. The molecule has 0 aliphatic heterocycles. The molecule has 0 spiro atoms. The Bertz CT molecular complexity index is 359. The van der Waals surface area contributed by atoms with Gasteiger partial charge in [-0.15, -0.1) is 0 Å². The van der Waals surface area contributed by atoms with Crippen LogP contribution in [0, 0.1) is 25.2 Å². The maximum Gasteiger partial charge on any atom is 0.256 e. The first-order valence-corrected chi connectivity index (χ1v) is 5.70. The highest BCUT2D eigenvalue weighted by Crippen LogP contribution is 2.22. The van der Waals surface area contributed by atoms with E-state index in [9.17, 15) is 0 Å². The van der Waals surface area contributed by atoms with Crippen LogP contribution in [-0.4, -0.2) is 16.3 Å². The van der Waals surface area contributed by atoms with Gasteiger partial charge in [-0.05, 0) is 27.2 Å². The maximum absolute atomic E-state index is 8.72. The van der Waals surface area contributed by atoms with E-state index in [0.29, 0.717) is 11.6 Å². The zero-order chi connectivity index (χ0) is 11.5. The van der Waals surface area contributed by atoms with Crippen molar-refractivity contribution in [1.82, 2.24) is 4.98 Å². The highest BCUT2D eigenvalue weighted by molar-refractivity contribution is 7.99. The Labute approximate surface area is 93.9 Å². The standard InChI is InChI=1S/C10H15N3OS/c1-7-8(2)14-9(13-7)15-5-4-10(3,12)6-11/h4-5,12H2,1-3H3. The molecule has 4 nitrogen and oxygen atoms in total. The van der Waals surface area contributed by atoms with Gasteiger partial charge in [0.15, 0.2) is 0 Å². The number of aromatic nitrogens is 1. The third kappa shape index (κ3) is 3.57. The predicted molar refractivity (Wildman–Crippen MR) is 59.5 cm³/mol. The van der Waals surface area contributed by atoms with Crippen LogP contribution in [0.4, 0.5) is 0 Å². The summed E-state index contributed by atoms with van der Waals surface area (Å²) in [5.41, 5.74) is 5.84. The van der Waals surface area contributed by atoms with Gasteiger partial charge in [0.1, 0.15) is 11.3 Å². The second kappa shape index (κ2) is 4.69. The Kier molecular flexibility index (Phi) is 3.77. The molecule has 15 heavy (non-hydrogen) atoms. The van der Waals surface area contributed by atoms with E-state index in [1.54, 1.807) is 6.92 Å². The first-order valence-electron chi connectivity index (χ1n) is 4.71. The van der Waals surface area contributed by atoms with E-state index in [2.05, 4.69) is 11.1 Å². The number of thioether (sulfide) groups is 1. The SMILES string of the molecule is Cc1nc(SCCC(C)(N)C#N)oc1C. The van der Waals surface area contributed by atoms with Gasteiger partial charge in [-0.2, -0.15) is 5.26 Å². The predicted octanol–water partition coefficient (Wildman–Crippen LogP) is 2.01. The van der Waals surface area contributed by atoms with Crippen molar-refractivity contribution in [2.45, 2.75) is 38.0 Å². The smallest absolute Gasteiger partial charge is 0.256 e. The highest BCUT2D eigenvalue weighted by atomic mass is 32.2. The summed E-state index contributed by atoms with van der Waals surface area (Å²) in [6.45, 7) is 5.51. The lowest BCUT2D eigenvalue weighted by Crippen LogP contribution is -2.34. The number of aryl methyl sites for hydroxylation is 2. The molecule has 0 bridgehead atoms. The summed E-state index contributed by atoms with van der Waals surface area (Å²) in [4.78, 5) is 4.23. The third-order valence-electron chi connectivity index (χ3n) is 2.11. The van der Waals surface area contributed by atoms with Crippen molar-refractivity contribution >= 4 is 11.8 Å². The van der Waals surface area contributed by atoms with E-state index in [4.69, 9.17) is 15.4 Å². The van der Waals surface area contributed by atoms with Gasteiger partial charge in [-0.25, -0.2) is 4.98 Å². The molecule has 5 heteroatoms. The molecule has 2 N–H and O–H groups in total. The summed E-state index contributed by atoms with van der Waals surface area (Å²) >= 11 is 1.49. The molecule has 1 unspecified atom stereocenters. The number of oxazole rings is 1. The second-order valence-electron chi connectivity index (χ2n) is 3.75. The van der Waals surface area contributed by atoms with Crippen molar-refractivity contribution in [2.75, 3.05) is 5.75 Å². The van der Waals surface area contributed by atoms with Crippen LogP contribution in [0.3, 0.4) is 0 Å². The van der Waals surface area contributed by atoms with Crippen LogP contribution in [0.2, 0.25) is 0 Å². The fourth-order valence-corrected chi connectivity index (χ4v) is 2.00. The van der Waals surface area contributed by atoms with E-state index < -0.39 is 5.54 Å². The zero-order valence-electron chi connectivity index (χ0n) is 9.20. The van der Waals surface area contributed by atoms with Crippen LogP contribution < -0.4 is 5.73 Å². The Morgan fingerprint density at radius 3 is 2.73 bits per heavy atom. The van der Waals surface area contributed by atoms with Crippen molar-refractivity contribution in [3.8, 4) is 6.07 Å². The van der Waals surface area contributed by atoms with Crippen LogP contribution in [-0.2, 0) is 0 Å². The van der Waals surface area contributed by atoms with Gasteiger partial charge in [-0.3, -0.25) is 0 Å². The molecular weight excluding hydrogens is 210 g/mol. The fraction of sp³-hybridized carbons (Fsp3) is 0.600. The Morgan fingerprint density at radius 2 is 2.27 bits per heavy atom. The molecule has 0 aliphatic carbocycles. The molecule has 82 valence electrons. The zero-order valence-corrected chi connectivity index (χ0v) is 10.0. The number of nitrogens with zero attached hydrogens (tertiary/aromatic N) is 2. The van der Waals surface area contributed by atoms with E-state index in [-0.39, 0.29) is 0 Å². The first kappa shape index (κ1) is 12.1. The second-order valence-corrected chi connectivity index (χ2v) is 4.80. The molecule has 1 aromatic rings. The van der Waals surface area contributed by atoms with Crippen LogP contribution in [0.15, 0.2) is 9.64 Å². The quantitative estimate of drug-likeness (QED) is 0.793. The van der Waals surface area contributed by atoms with Crippen LogP contribution >= 0.6 is 11.8 Å². The van der Waals surface area contributed by atoms with Gasteiger partial charge in [0.05, 0.1) is 11.8 Å². The van der Waals surface area contributed by atoms with Crippen molar-refractivity contribution in [1.29, 1.82) is 5.26 Å². The molecule has 1 heterocycles. The van der Waals surface area contributed by atoms with Gasteiger partial charge < -0.3 is 10.2 Å². The lowest BCUT2D eigenvalue weighted by Gasteiger charge is -2.13. The summed E-state index contributed by atoms with van der Waals surface area (Å²) in [5.74, 6) is 1.58. The monoisotopic (exact) mass is 225 g/mol. The van der Waals surface area contributed by atoms with Crippen molar-refractivity contribution in [3.63, 3.8) is 0 Å². The van der Waals surface area contributed by atoms with Gasteiger partial charge in [0.25, 0.3) is 5.22 Å². The lowest BCUT2D eigenvalue weighted by molar-refractivity contribution is 0.430. The minimum absolute atomic E-state index is 0.620. The van der Waals surface area contributed by atoms with Gasteiger partial charge >= 0.3 is 0 Å². The number of hydrogen-bond donors (Lipinski definition) is 1. The Balaban J connectivity index is 2.42. The van der Waals surface area contributed by atoms with Crippen molar-refractivity contribution in [3.05, 3.63) is 11.5 Å². The molecule has 0 saturated carbocycles. The molecule has 0 fully saturated rings. The molecular formula is C10H15N3OS. The number of nitrogens with two attached hydrogens (primary N) is 1. The van der Waals surface area contributed by atoms with Crippen LogP contribution in [0.5, 0.6) is 0 Å². The van der Waals surface area contributed by atoms with E-state index in [1.807, 2.05) is 13.8 Å². The van der Waals surface area contributed by atoms with E-state index in [0.717, 1.165) is 17.2 Å². The minimum Gasteiger partial charge on any atom is -0.437 e. The maximum atomic E-state index is 8.72. The largest absolute Gasteiger partial charge is 0.437 e. The van der Waals surface area contributed by atoms with E-state index >= 15 is 0 Å². The van der Waals surface area contributed by atoms with Crippen LogP contribution in [0.25, 0.3) is 0 Å².